The number of carbonyl (C=O) groups excluding carboxylic acids is 3. The van der Waals surface area contributed by atoms with Gasteiger partial charge in [0.25, 0.3) is 0 Å². The second kappa shape index (κ2) is 7.33. The first-order valence-electron chi connectivity index (χ1n) is 7.48. The number of benzene rings is 1. The van der Waals surface area contributed by atoms with Crippen LogP contribution in [-0.4, -0.2) is 29.7 Å². The number of anilines is 2. The number of ether oxygens (including phenoxy) is 2. The van der Waals surface area contributed by atoms with Gasteiger partial charge in [0.2, 0.25) is 0 Å². The Hall–Kier alpha value is -2.57. The normalized spacial score (nSPS) is 11.4. The van der Waals surface area contributed by atoms with E-state index in [0.717, 1.165) is 0 Å². The molecule has 0 fully saturated rings. The van der Waals surface area contributed by atoms with E-state index in [1.54, 1.807) is 41.5 Å². The summed E-state index contributed by atoms with van der Waals surface area (Å²) in [5.74, 6) is 0. The third-order valence-electron chi connectivity index (χ3n) is 2.38. The molecule has 0 aromatic heterocycles. The highest BCUT2D eigenvalue weighted by atomic mass is 16.6. The molecular formula is C17H24N2O5. The van der Waals surface area contributed by atoms with E-state index in [1.165, 1.54) is 18.2 Å². The van der Waals surface area contributed by atoms with Gasteiger partial charge in [-0.05, 0) is 59.7 Å². The van der Waals surface area contributed by atoms with Gasteiger partial charge >= 0.3 is 12.2 Å². The smallest absolute Gasteiger partial charge is 0.412 e. The average Bonchev–Trinajstić information content (AvgIpc) is 2.33. The van der Waals surface area contributed by atoms with Crippen LogP contribution < -0.4 is 10.6 Å². The van der Waals surface area contributed by atoms with Crippen LogP contribution in [0.4, 0.5) is 21.0 Å². The van der Waals surface area contributed by atoms with Crippen LogP contribution in [0.15, 0.2) is 18.2 Å². The van der Waals surface area contributed by atoms with Crippen molar-refractivity contribution in [2.24, 2.45) is 0 Å². The summed E-state index contributed by atoms with van der Waals surface area (Å²) in [5.41, 5.74) is -0.372. The molecule has 0 spiro atoms. The Labute approximate surface area is 141 Å². The third-order valence-corrected chi connectivity index (χ3v) is 2.38. The molecule has 0 radical (unpaired) electrons. The lowest BCUT2D eigenvalue weighted by molar-refractivity contribution is 0.0625. The van der Waals surface area contributed by atoms with E-state index in [4.69, 9.17) is 9.47 Å². The van der Waals surface area contributed by atoms with Crippen LogP contribution in [0.1, 0.15) is 51.9 Å². The van der Waals surface area contributed by atoms with Crippen LogP contribution in [0.2, 0.25) is 0 Å². The fraction of sp³-hybridized carbons (Fsp3) is 0.471. The molecular weight excluding hydrogens is 312 g/mol. The fourth-order valence-corrected chi connectivity index (χ4v) is 1.71. The minimum Gasteiger partial charge on any atom is -0.444 e. The van der Waals surface area contributed by atoms with Gasteiger partial charge in [-0.1, -0.05) is 0 Å². The zero-order chi connectivity index (χ0) is 18.5. The average molecular weight is 336 g/mol. The lowest BCUT2D eigenvalue weighted by Crippen LogP contribution is -2.28. The number of nitrogens with one attached hydrogen (secondary N) is 2. The van der Waals surface area contributed by atoms with Crippen LogP contribution in [0, 0.1) is 0 Å². The van der Waals surface area contributed by atoms with E-state index in [0.29, 0.717) is 17.7 Å². The summed E-state index contributed by atoms with van der Waals surface area (Å²) >= 11 is 0. The van der Waals surface area contributed by atoms with Crippen molar-refractivity contribution in [3.05, 3.63) is 23.8 Å². The van der Waals surface area contributed by atoms with Gasteiger partial charge in [-0.3, -0.25) is 15.4 Å². The molecule has 0 heterocycles. The molecule has 0 unspecified atom stereocenters. The van der Waals surface area contributed by atoms with Crippen LogP contribution in [0.5, 0.6) is 0 Å². The van der Waals surface area contributed by atoms with Crippen molar-refractivity contribution in [2.75, 3.05) is 10.6 Å². The van der Waals surface area contributed by atoms with Gasteiger partial charge in [0, 0.05) is 16.9 Å². The maximum atomic E-state index is 11.8. The minimum absolute atomic E-state index is 0.287. The molecule has 2 amide bonds. The Balaban J connectivity index is 2.90. The van der Waals surface area contributed by atoms with Gasteiger partial charge in [-0.2, -0.15) is 0 Å². The second-order valence-electron chi connectivity index (χ2n) is 7.22. The number of rotatable bonds is 3. The topological polar surface area (TPSA) is 93.7 Å². The van der Waals surface area contributed by atoms with Crippen LogP contribution in [0.3, 0.4) is 0 Å². The van der Waals surface area contributed by atoms with Crippen molar-refractivity contribution in [3.63, 3.8) is 0 Å². The zero-order valence-corrected chi connectivity index (χ0v) is 14.9. The van der Waals surface area contributed by atoms with Crippen molar-refractivity contribution < 1.29 is 23.9 Å². The van der Waals surface area contributed by atoms with E-state index in [9.17, 15) is 14.4 Å². The number of amides is 2. The summed E-state index contributed by atoms with van der Waals surface area (Å²) in [7, 11) is 0. The molecule has 0 saturated heterocycles. The SMILES string of the molecule is CC(C)(C)OC(=O)Nc1cc(C=O)cc(NC(=O)OC(C)(C)C)c1. The maximum absolute atomic E-state index is 11.8. The van der Waals surface area contributed by atoms with E-state index < -0.39 is 23.4 Å². The molecule has 0 aliphatic carbocycles. The summed E-state index contributed by atoms with van der Waals surface area (Å²) in [5, 5.41) is 5.05. The molecule has 1 aromatic carbocycles. The van der Waals surface area contributed by atoms with Crippen LogP contribution in [-0.2, 0) is 9.47 Å². The first-order chi connectivity index (χ1) is 10.9. The second-order valence-corrected chi connectivity index (χ2v) is 7.22. The molecule has 0 atom stereocenters. The molecule has 132 valence electrons. The number of hydrogen-bond acceptors (Lipinski definition) is 5. The Bertz CT molecular complexity index is 579. The summed E-state index contributed by atoms with van der Waals surface area (Å²) in [6.45, 7) is 10.4. The summed E-state index contributed by atoms with van der Waals surface area (Å²) in [4.78, 5) is 34.7. The van der Waals surface area contributed by atoms with Gasteiger partial charge < -0.3 is 9.47 Å². The Morgan fingerprint density at radius 3 is 1.50 bits per heavy atom. The molecule has 0 saturated carbocycles. The first kappa shape index (κ1) is 19.5. The summed E-state index contributed by atoms with van der Waals surface area (Å²) in [6, 6.07) is 4.44. The zero-order valence-electron chi connectivity index (χ0n) is 14.9. The summed E-state index contributed by atoms with van der Waals surface area (Å²) < 4.78 is 10.3. The first-order valence-corrected chi connectivity index (χ1v) is 7.48. The van der Waals surface area contributed by atoms with Crippen molar-refractivity contribution in [1.29, 1.82) is 0 Å². The van der Waals surface area contributed by atoms with Crippen LogP contribution >= 0.6 is 0 Å². The largest absolute Gasteiger partial charge is 0.444 e. The maximum Gasteiger partial charge on any atom is 0.412 e. The molecule has 0 aliphatic heterocycles. The van der Waals surface area contributed by atoms with Crippen LogP contribution in [0.25, 0.3) is 0 Å². The monoisotopic (exact) mass is 336 g/mol. The minimum atomic E-state index is -0.659. The quantitative estimate of drug-likeness (QED) is 0.807. The van der Waals surface area contributed by atoms with Gasteiger partial charge in [0.15, 0.2) is 0 Å². The molecule has 24 heavy (non-hydrogen) atoms. The number of aldehydes is 1. The highest BCUT2D eigenvalue weighted by Crippen LogP contribution is 2.20. The van der Waals surface area contributed by atoms with Gasteiger partial charge in [0.1, 0.15) is 17.5 Å². The Morgan fingerprint density at radius 2 is 1.21 bits per heavy atom. The Kier molecular flexibility index (Phi) is 5.95. The highest BCUT2D eigenvalue weighted by molar-refractivity contribution is 5.92. The molecule has 1 rings (SSSR count). The van der Waals surface area contributed by atoms with Crippen molar-refractivity contribution >= 4 is 29.8 Å². The van der Waals surface area contributed by atoms with Crippen molar-refractivity contribution in [3.8, 4) is 0 Å². The Morgan fingerprint density at radius 1 is 0.833 bits per heavy atom. The molecule has 7 heteroatoms. The van der Waals surface area contributed by atoms with Crippen molar-refractivity contribution in [2.45, 2.75) is 52.7 Å². The highest BCUT2D eigenvalue weighted by Gasteiger charge is 2.18. The fourth-order valence-electron chi connectivity index (χ4n) is 1.71. The number of hydrogen-bond donors (Lipinski definition) is 2. The van der Waals surface area contributed by atoms with Gasteiger partial charge in [0.05, 0.1) is 0 Å². The molecule has 1 aromatic rings. The molecule has 0 bridgehead atoms. The molecule has 0 aliphatic rings. The van der Waals surface area contributed by atoms with E-state index in [1.807, 2.05) is 0 Å². The van der Waals surface area contributed by atoms with E-state index in [2.05, 4.69) is 10.6 Å². The number of carbonyl (C=O) groups is 3. The summed E-state index contributed by atoms with van der Waals surface area (Å²) in [6.07, 6.45) is -0.705. The van der Waals surface area contributed by atoms with Crippen molar-refractivity contribution in [1.82, 2.24) is 0 Å². The van der Waals surface area contributed by atoms with E-state index >= 15 is 0 Å². The van der Waals surface area contributed by atoms with Gasteiger partial charge in [-0.15, -0.1) is 0 Å². The predicted octanol–water partition coefficient (Wildman–Crippen LogP) is 4.19. The predicted molar refractivity (Wildman–Crippen MR) is 91.5 cm³/mol. The molecule has 2 N–H and O–H groups in total. The van der Waals surface area contributed by atoms with Gasteiger partial charge in [-0.25, -0.2) is 9.59 Å². The molecule has 7 nitrogen and oxygen atoms in total. The third kappa shape index (κ3) is 7.62. The van der Waals surface area contributed by atoms with E-state index in [-0.39, 0.29) is 5.56 Å². The standard InChI is InChI=1S/C17H24N2O5/c1-16(2,3)23-14(21)18-12-7-11(10-20)8-13(9-12)19-15(22)24-17(4,5)6/h7-10H,1-6H3,(H,18,21)(H,19,22). The lowest BCUT2D eigenvalue weighted by Gasteiger charge is -2.21. The lowest BCUT2D eigenvalue weighted by atomic mass is 10.2.